The molecule has 2 N–H and O–H groups in total. The van der Waals surface area contributed by atoms with E-state index in [1.807, 2.05) is 0 Å². The molecule has 0 fully saturated rings. The summed E-state index contributed by atoms with van der Waals surface area (Å²) < 4.78 is 67.5. The Hall–Kier alpha value is -2.65. The van der Waals surface area contributed by atoms with E-state index in [-0.39, 0.29) is 5.56 Å². The molecule has 0 aliphatic heterocycles. The molecular formula is C13H10F5NO4. The zero-order valence-corrected chi connectivity index (χ0v) is 11.5. The molecule has 1 aromatic rings. The molecule has 0 atom stereocenters. The Bertz CT molecular complexity index is 655. The first-order chi connectivity index (χ1) is 10.6. The fourth-order valence-electron chi connectivity index (χ4n) is 1.55. The molecular weight excluding hydrogens is 329 g/mol. The van der Waals surface area contributed by atoms with Crippen molar-refractivity contribution in [1.29, 1.82) is 0 Å². The summed E-state index contributed by atoms with van der Waals surface area (Å²) in [6.07, 6.45) is -4.49. The van der Waals surface area contributed by atoms with Gasteiger partial charge in [0.15, 0.2) is 11.6 Å². The van der Waals surface area contributed by atoms with Crippen LogP contribution < -0.4 is 10.1 Å². The molecule has 0 unspecified atom stereocenters. The Morgan fingerprint density at radius 2 is 1.91 bits per heavy atom. The SMILES string of the molecule is COc1c(F)cc(F)cc1/C=C(\CNC(=O)C(F)(F)F)C(=O)O. The molecule has 0 saturated heterocycles. The van der Waals surface area contributed by atoms with E-state index in [0.29, 0.717) is 12.1 Å². The lowest BCUT2D eigenvalue weighted by atomic mass is 10.1. The highest BCUT2D eigenvalue weighted by Gasteiger charge is 2.38. The first kappa shape index (κ1) is 18.4. The number of methoxy groups -OCH3 is 1. The minimum Gasteiger partial charge on any atom is -0.493 e. The summed E-state index contributed by atoms with van der Waals surface area (Å²) in [6.45, 7) is -1.00. The van der Waals surface area contributed by atoms with Crippen molar-refractivity contribution in [2.24, 2.45) is 0 Å². The molecule has 0 aromatic heterocycles. The highest BCUT2D eigenvalue weighted by Crippen LogP contribution is 2.26. The number of carboxylic acids is 1. The van der Waals surface area contributed by atoms with Gasteiger partial charge in [0.1, 0.15) is 5.82 Å². The normalized spacial score (nSPS) is 12.0. The van der Waals surface area contributed by atoms with Crippen molar-refractivity contribution < 1.29 is 41.4 Å². The van der Waals surface area contributed by atoms with Gasteiger partial charge in [0, 0.05) is 11.6 Å². The fraction of sp³-hybridized carbons (Fsp3) is 0.231. The summed E-state index contributed by atoms with van der Waals surface area (Å²) in [5.41, 5.74) is -1.07. The van der Waals surface area contributed by atoms with Gasteiger partial charge in [-0.05, 0) is 12.1 Å². The van der Waals surface area contributed by atoms with Crippen LogP contribution in [0.2, 0.25) is 0 Å². The molecule has 0 heterocycles. The summed E-state index contributed by atoms with van der Waals surface area (Å²) in [6, 6.07) is 1.22. The van der Waals surface area contributed by atoms with E-state index in [9.17, 15) is 31.5 Å². The van der Waals surface area contributed by atoms with Crippen LogP contribution in [0.15, 0.2) is 17.7 Å². The van der Waals surface area contributed by atoms with Crippen molar-refractivity contribution in [2.75, 3.05) is 13.7 Å². The molecule has 1 amide bonds. The van der Waals surface area contributed by atoms with Crippen molar-refractivity contribution in [3.63, 3.8) is 0 Å². The van der Waals surface area contributed by atoms with Gasteiger partial charge in [-0.2, -0.15) is 13.2 Å². The number of carboxylic acid groups (broad SMARTS) is 1. The lowest BCUT2D eigenvalue weighted by molar-refractivity contribution is -0.173. The number of benzene rings is 1. The van der Waals surface area contributed by atoms with E-state index in [1.165, 1.54) is 5.32 Å². The number of halogens is 5. The van der Waals surface area contributed by atoms with Crippen molar-refractivity contribution in [1.82, 2.24) is 5.32 Å². The predicted molar refractivity (Wildman–Crippen MR) is 67.6 cm³/mol. The number of carbonyl (C=O) groups is 2. The third kappa shape index (κ3) is 4.94. The number of aliphatic carboxylic acids is 1. The highest BCUT2D eigenvalue weighted by atomic mass is 19.4. The molecule has 1 rings (SSSR count). The molecule has 0 saturated carbocycles. The van der Waals surface area contributed by atoms with Crippen molar-refractivity contribution in [3.05, 3.63) is 34.9 Å². The monoisotopic (exact) mass is 339 g/mol. The van der Waals surface area contributed by atoms with Gasteiger partial charge in [-0.1, -0.05) is 0 Å². The molecule has 10 heteroatoms. The minimum absolute atomic E-state index is 0.344. The lowest BCUT2D eigenvalue weighted by Crippen LogP contribution is -2.38. The molecule has 5 nitrogen and oxygen atoms in total. The minimum atomic E-state index is -5.19. The summed E-state index contributed by atoms with van der Waals surface area (Å²) in [5, 5.41) is 10.3. The Labute approximate surface area is 126 Å². The van der Waals surface area contributed by atoms with Gasteiger partial charge in [-0.3, -0.25) is 4.79 Å². The highest BCUT2D eigenvalue weighted by molar-refractivity contribution is 5.94. The van der Waals surface area contributed by atoms with Crippen LogP contribution in [0.25, 0.3) is 6.08 Å². The number of hydrogen-bond donors (Lipinski definition) is 2. The molecule has 0 spiro atoms. The van der Waals surface area contributed by atoms with Crippen LogP contribution in [0.4, 0.5) is 22.0 Å². The number of hydrogen-bond acceptors (Lipinski definition) is 3. The third-order valence-electron chi connectivity index (χ3n) is 2.54. The first-order valence-corrected chi connectivity index (χ1v) is 5.88. The predicted octanol–water partition coefficient (Wildman–Crippen LogP) is 2.12. The number of alkyl halides is 3. The van der Waals surface area contributed by atoms with Gasteiger partial charge < -0.3 is 15.2 Å². The lowest BCUT2D eigenvalue weighted by Gasteiger charge is -2.10. The van der Waals surface area contributed by atoms with E-state index in [0.717, 1.165) is 13.2 Å². The fourth-order valence-corrected chi connectivity index (χ4v) is 1.55. The summed E-state index contributed by atoms with van der Waals surface area (Å²) in [4.78, 5) is 21.7. The van der Waals surface area contributed by atoms with Crippen LogP contribution in [-0.4, -0.2) is 36.8 Å². The zero-order chi connectivity index (χ0) is 17.8. The van der Waals surface area contributed by atoms with Crippen molar-refractivity contribution >= 4 is 18.0 Å². The van der Waals surface area contributed by atoms with Crippen molar-refractivity contribution in [2.45, 2.75) is 6.18 Å². The van der Waals surface area contributed by atoms with Crippen LogP contribution in [-0.2, 0) is 9.59 Å². The third-order valence-corrected chi connectivity index (χ3v) is 2.54. The number of amides is 1. The van der Waals surface area contributed by atoms with Crippen LogP contribution in [0.5, 0.6) is 5.75 Å². The second-order valence-corrected chi connectivity index (χ2v) is 4.17. The first-order valence-electron chi connectivity index (χ1n) is 5.88. The molecule has 23 heavy (non-hydrogen) atoms. The van der Waals surface area contributed by atoms with Crippen LogP contribution in [0.3, 0.4) is 0 Å². The smallest absolute Gasteiger partial charge is 0.471 e. The van der Waals surface area contributed by atoms with Gasteiger partial charge in [0.25, 0.3) is 0 Å². The average Bonchev–Trinajstić information content (AvgIpc) is 2.41. The van der Waals surface area contributed by atoms with Gasteiger partial charge >= 0.3 is 18.1 Å². The maximum Gasteiger partial charge on any atom is 0.471 e. The topological polar surface area (TPSA) is 75.6 Å². The molecule has 0 aliphatic carbocycles. The van der Waals surface area contributed by atoms with E-state index >= 15 is 0 Å². The Morgan fingerprint density at radius 3 is 2.39 bits per heavy atom. The van der Waals surface area contributed by atoms with E-state index in [1.54, 1.807) is 0 Å². The van der Waals surface area contributed by atoms with Gasteiger partial charge in [-0.25, -0.2) is 13.6 Å². The molecule has 1 aromatic carbocycles. The van der Waals surface area contributed by atoms with Crippen molar-refractivity contribution in [3.8, 4) is 5.75 Å². The standard InChI is InChI=1S/C13H10F5NO4/c1-23-10-6(3-8(14)4-9(10)15)2-7(11(20)21)5-19-12(22)13(16,17)18/h2-4H,5H2,1H3,(H,19,22)(H,20,21)/b7-2+. The Kier molecular flexibility index (Phi) is 5.66. The Morgan fingerprint density at radius 1 is 1.30 bits per heavy atom. The number of ether oxygens (including phenoxy) is 1. The maximum atomic E-state index is 13.5. The summed E-state index contributed by atoms with van der Waals surface area (Å²) in [7, 11) is 1.04. The molecule has 126 valence electrons. The van der Waals surface area contributed by atoms with Crippen LogP contribution in [0, 0.1) is 11.6 Å². The molecule has 0 bridgehead atoms. The average molecular weight is 339 g/mol. The number of carbonyl (C=O) groups excluding carboxylic acids is 1. The summed E-state index contributed by atoms with van der Waals surface area (Å²) >= 11 is 0. The number of rotatable bonds is 5. The van der Waals surface area contributed by atoms with Crippen LogP contribution >= 0.6 is 0 Å². The largest absolute Gasteiger partial charge is 0.493 e. The molecule has 0 aliphatic rings. The maximum absolute atomic E-state index is 13.5. The van der Waals surface area contributed by atoms with Crippen LogP contribution in [0.1, 0.15) is 5.56 Å². The van der Waals surface area contributed by atoms with E-state index in [2.05, 4.69) is 4.74 Å². The van der Waals surface area contributed by atoms with Gasteiger partial charge in [0.2, 0.25) is 0 Å². The van der Waals surface area contributed by atoms with Gasteiger partial charge in [-0.15, -0.1) is 0 Å². The molecule has 0 radical (unpaired) electrons. The Balaban J connectivity index is 3.14. The van der Waals surface area contributed by atoms with E-state index < -0.39 is 47.6 Å². The number of nitrogens with one attached hydrogen (secondary N) is 1. The summed E-state index contributed by atoms with van der Waals surface area (Å²) in [5.74, 6) is -6.69. The second kappa shape index (κ2) is 7.07. The second-order valence-electron chi connectivity index (χ2n) is 4.17. The van der Waals surface area contributed by atoms with E-state index in [4.69, 9.17) is 5.11 Å². The van der Waals surface area contributed by atoms with Gasteiger partial charge in [0.05, 0.1) is 19.2 Å². The quantitative estimate of drug-likeness (QED) is 0.636. The zero-order valence-electron chi connectivity index (χ0n) is 11.5.